The molecule has 1 rings (SSSR count). The van der Waals surface area contributed by atoms with Gasteiger partial charge in [0, 0.05) is 12.2 Å². The van der Waals surface area contributed by atoms with Gasteiger partial charge in [0.1, 0.15) is 5.84 Å². The SMILES string of the molecule is CSCCC(=NC1CCCC1)NN. The first kappa shape index (κ1) is 10.9. The van der Waals surface area contributed by atoms with E-state index in [1.54, 1.807) is 0 Å². The molecule has 0 saturated heterocycles. The maximum Gasteiger partial charge on any atom is 0.111 e. The van der Waals surface area contributed by atoms with Gasteiger partial charge in [-0.15, -0.1) is 0 Å². The number of aliphatic imine (C=N–C) groups is 1. The minimum Gasteiger partial charge on any atom is -0.312 e. The molecule has 0 atom stereocenters. The molecular weight excluding hydrogens is 182 g/mol. The molecule has 0 aromatic rings. The Morgan fingerprint density at radius 2 is 2.23 bits per heavy atom. The number of nitrogens with two attached hydrogens (primary N) is 1. The van der Waals surface area contributed by atoms with E-state index in [2.05, 4.69) is 16.7 Å². The monoisotopic (exact) mass is 201 g/mol. The number of hydrazine groups is 1. The fourth-order valence-electron chi connectivity index (χ4n) is 1.63. The van der Waals surface area contributed by atoms with Crippen LogP contribution in [0.2, 0.25) is 0 Å². The van der Waals surface area contributed by atoms with Crippen molar-refractivity contribution < 1.29 is 0 Å². The second kappa shape index (κ2) is 6.27. The van der Waals surface area contributed by atoms with Gasteiger partial charge in [-0.05, 0) is 19.1 Å². The number of rotatable bonds is 4. The third-order valence-corrected chi connectivity index (χ3v) is 2.99. The summed E-state index contributed by atoms with van der Waals surface area (Å²) in [5.74, 6) is 7.47. The summed E-state index contributed by atoms with van der Waals surface area (Å²) >= 11 is 1.83. The van der Waals surface area contributed by atoms with Crippen molar-refractivity contribution in [1.29, 1.82) is 0 Å². The summed E-state index contributed by atoms with van der Waals surface area (Å²) in [7, 11) is 0. The van der Waals surface area contributed by atoms with Gasteiger partial charge in [-0.3, -0.25) is 4.99 Å². The van der Waals surface area contributed by atoms with E-state index in [-0.39, 0.29) is 0 Å². The second-order valence-electron chi connectivity index (χ2n) is 3.40. The summed E-state index contributed by atoms with van der Waals surface area (Å²) in [4.78, 5) is 4.60. The summed E-state index contributed by atoms with van der Waals surface area (Å²) < 4.78 is 0. The predicted octanol–water partition coefficient (Wildman–Crippen LogP) is 1.54. The highest BCUT2D eigenvalue weighted by molar-refractivity contribution is 7.98. The largest absolute Gasteiger partial charge is 0.312 e. The van der Waals surface area contributed by atoms with Crippen LogP contribution in [0.3, 0.4) is 0 Å². The molecule has 0 radical (unpaired) electrons. The summed E-state index contributed by atoms with van der Waals surface area (Å²) in [6.45, 7) is 0. The van der Waals surface area contributed by atoms with E-state index in [1.807, 2.05) is 11.8 Å². The average Bonchev–Trinajstić information content (AvgIpc) is 2.64. The van der Waals surface area contributed by atoms with E-state index in [0.717, 1.165) is 18.0 Å². The Morgan fingerprint density at radius 3 is 2.77 bits per heavy atom. The molecule has 76 valence electrons. The first-order valence-corrected chi connectivity index (χ1v) is 6.28. The maximum absolute atomic E-state index is 5.40. The van der Waals surface area contributed by atoms with Gasteiger partial charge in [-0.25, -0.2) is 5.84 Å². The molecule has 0 spiro atoms. The standard InChI is InChI=1S/C9H19N3S/c1-13-7-6-9(12-10)11-8-4-2-3-5-8/h8H,2-7,10H2,1H3,(H,11,12). The highest BCUT2D eigenvalue weighted by atomic mass is 32.2. The van der Waals surface area contributed by atoms with Gasteiger partial charge in [-0.2, -0.15) is 11.8 Å². The highest BCUT2D eigenvalue weighted by Gasteiger charge is 2.14. The number of thioether (sulfide) groups is 1. The molecule has 4 heteroatoms. The first-order chi connectivity index (χ1) is 6.36. The van der Waals surface area contributed by atoms with Gasteiger partial charge < -0.3 is 5.43 Å². The zero-order chi connectivity index (χ0) is 9.52. The zero-order valence-corrected chi connectivity index (χ0v) is 9.07. The average molecular weight is 201 g/mol. The Hall–Kier alpha value is -0.220. The van der Waals surface area contributed by atoms with E-state index in [9.17, 15) is 0 Å². The minimum absolute atomic E-state index is 0.535. The van der Waals surface area contributed by atoms with E-state index < -0.39 is 0 Å². The molecule has 0 amide bonds. The molecular formula is C9H19N3S. The number of amidine groups is 1. The van der Waals surface area contributed by atoms with Gasteiger partial charge in [0.05, 0.1) is 6.04 Å². The van der Waals surface area contributed by atoms with Crippen molar-refractivity contribution in [2.75, 3.05) is 12.0 Å². The minimum atomic E-state index is 0.535. The van der Waals surface area contributed by atoms with Gasteiger partial charge in [-0.1, -0.05) is 12.8 Å². The summed E-state index contributed by atoms with van der Waals surface area (Å²) in [5.41, 5.74) is 2.70. The van der Waals surface area contributed by atoms with E-state index >= 15 is 0 Å². The molecule has 0 bridgehead atoms. The molecule has 0 aromatic carbocycles. The smallest absolute Gasteiger partial charge is 0.111 e. The summed E-state index contributed by atoms with van der Waals surface area (Å²) in [6, 6.07) is 0.535. The van der Waals surface area contributed by atoms with Crippen LogP contribution in [0.25, 0.3) is 0 Å². The van der Waals surface area contributed by atoms with Crippen LogP contribution in [0.1, 0.15) is 32.1 Å². The van der Waals surface area contributed by atoms with Crippen molar-refractivity contribution in [2.24, 2.45) is 10.8 Å². The van der Waals surface area contributed by atoms with Crippen LogP contribution in [-0.2, 0) is 0 Å². The fraction of sp³-hybridized carbons (Fsp3) is 0.889. The van der Waals surface area contributed by atoms with Crippen LogP contribution in [0.15, 0.2) is 4.99 Å². The molecule has 0 unspecified atom stereocenters. The number of hydrogen-bond acceptors (Lipinski definition) is 3. The lowest BCUT2D eigenvalue weighted by molar-refractivity contribution is 0.696. The van der Waals surface area contributed by atoms with Crippen molar-refractivity contribution in [1.82, 2.24) is 5.43 Å². The maximum atomic E-state index is 5.40. The Balaban J connectivity index is 2.33. The second-order valence-corrected chi connectivity index (χ2v) is 4.39. The summed E-state index contributed by atoms with van der Waals surface area (Å²) in [5, 5.41) is 0. The molecule has 0 heterocycles. The normalized spacial score (nSPS) is 19.4. The number of nitrogens with zero attached hydrogens (tertiary/aromatic N) is 1. The van der Waals surface area contributed by atoms with Crippen LogP contribution in [-0.4, -0.2) is 23.9 Å². The fourth-order valence-corrected chi connectivity index (χ4v) is 2.02. The molecule has 3 nitrogen and oxygen atoms in total. The highest BCUT2D eigenvalue weighted by Crippen LogP contribution is 2.21. The van der Waals surface area contributed by atoms with Gasteiger partial charge >= 0.3 is 0 Å². The molecule has 1 aliphatic carbocycles. The molecule has 1 aliphatic rings. The van der Waals surface area contributed by atoms with Crippen LogP contribution in [0.4, 0.5) is 0 Å². The summed E-state index contributed by atoms with van der Waals surface area (Å²) in [6.07, 6.45) is 8.20. The Labute approximate surface area is 84.5 Å². The van der Waals surface area contributed by atoms with Crippen LogP contribution >= 0.6 is 11.8 Å². The van der Waals surface area contributed by atoms with Crippen molar-refractivity contribution in [3.05, 3.63) is 0 Å². The Kier molecular flexibility index (Phi) is 5.23. The Morgan fingerprint density at radius 1 is 1.54 bits per heavy atom. The van der Waals surface area contributed by atoms with Crippen LogP contribution in [0.5, 0.6) is 0 Å². The van der Waals surface area contributed by atoms with E-state index in [0.29, 0.717) is 6.04 Å². The number of hydrogen-bond donors (Lipinski definition) is 2. The van der Waals surface area contributed by atoms with Gasteiger partial charge in [0.2, 0.25) is 0 Å². The van der Waals surface area contributed by atoms with Crippen molar-refractivity contribution >= 4 is 17.6 Å². The van der Waals surface area contributed by atoms with Crippen molar-refractivity contribution in [3.63, 3.8) is 0 Å². The van der Waals surface area contributed by atoms with Crippen molar-refractivity contribution in [2.45, 2.75) is 38.1 Å². The topological polar surface area (TPSA) is 50.4 Å². The molecule has 1 fully saturated rings. The zero-order valence-electron chi connectivity index (χ0n) is 8.25. The van der Waals surface area contributed by atoms with Gasteiger partial charge in [0.25, 0.3) is 0 Å². The lowest BCUT2D eigenvalue weighted by Crippen LogP contribution is -2.31. The van der Waals surface area contributed by atoms with E-state index in [4.69, 9.17) is 5.84 Å². The molecule has 1 saturated carbocycles. The van der Waals surface area contributed by atoms with Crippen molar-refractivity contribution in [3.8, 4) is 0 Å². The molecule has 3 N–H and O–H groups in total. The van der Waals surface area contributed by atoms with E-state index in [1.165, 1.54) is 25.7 Å². The third kappa shape index (κ3) is 4.00. The van der Waals surface area contributed by atoms with Crippen LogP contribution in [0, 0.1) is 0 Å². The third-order valence-electron chi connectivity index (χ3n) is 2.37. The molecule has 0 aliphatic heterocycles. The molecule has 13 heavy (non-hydrogen) atoms. The predicted molar refractivity (Wildman–Crippen MR) is 60.0 cm³/mol. The van der Waals surface area contributed by atoms with Gasteiger partial charge in [0.15, 0.2) is 0 Å². The number of nitrogens with one attached hydrogen (secondary N) is 1. The lowest BCUT2D eigenvalue weighted by atomic mass is 10.2. The molecule has 0 aromatic heterocycles. The quantitative estimate of drug-likeness (QED) is 0.314. The Bertz CT molecular complexity index is 164. The lowest BCUT2D eigenvalue weighted by Gasteiger charge is -2.08. The first-order valence-electron chi connectivity index (χ1n) is 4.89. The van der Waals surface area contributed by atoms with Crippen LogP contribution < -0.4 is 11.3 Å².